The maximum atomic E-state index is 12.8. The van der Waals surface area contributed by atoms with Gasteiger partial charge in [-0.05, 0) is 31.2 Å². The predicted molar refractivity (Wildman–Crippen MR) is 115 cm³/mol. The van der Waals surface area contributed by atoms with Gasteiger partial charge in [0, 0.05) is 55.5 Å². The fraction of sp³-hybridized carbons (Fsp3) is 0.500. The smallest absolute Gasteiger partial charge is 0.475 e. The zero-order valence-corrected chi connectivity index (χ0v) is 19.6. The molecule has 13 heteroatoms. The van der Waals surface area contributed by atoms with E-state index in [0.29, 0.717) is 6.54 Å². The first-order valence-electron chi connectivity index (χ1n) is 10.0. The standard InChI is InChI=1S/C18H23N3O3S2.C2HF3O2/c1-14-5-6-15(25-14)12-21-10-7-18(8-11-21)13-20(2)26(22,23)16-4-3-9-19-17(16)24-18;3-2(4,5)1(6)7/h3-6,9H,7-8,10-13H2,1-2H3;(H,6,7). The number of fused-ring (bicyclic) bond motifs is 1. The quantitative estimate of drug-likeness (QED) is 0.667. The highest BCUT2D eigenvalue weighted by molar-refractivity contribution is 7.89. The molecule has 1 spiro atoms. The Kier molecular flexibility index (Phi) is 7.36. The van der Waals surface area contributed by atoms with Crippen molar-refractivity contribution in [2.24, 2.45) is 0 Å². The molecular weight excluding hydrogens is 483 g/mol. The first-order chi connectivity index (χ1) is 15.3. The first-order valence-corrected chi connectivity index (χ1v) is 12.3. The van der Waals surface area contributed by atoms with Crippen LogP contribution in [0.5, 0.6) is 5.88 Å². The second-order valence-electron chi connectivity index (χ2n) is 7.94. The van der Waals surface area contributed by atoms with Crippen LogP contribution in [0.4, 0.5) is 13.2 Å². The van der Waals surface area contributed by atoms with E-state index >= 15 is 0 Å². The van der Waals surface area contributed by atoms with Crippen LogP contribution in [0, 0.1) is 6.92 Å². The average Bonchev–Trinajstić information content (AvgIpc) is 3.11. The summed E-state index contributed by atoms with van der Waals surface area (Å²) in [6.45, 7) is 5.19. The van der Waals surface area contributed by atoms with Crippen molar-refractivity contribution in [1.82, 2.24) is 14.2 Å². The monoisotopic (exact) mass is 507 g/mol. The molecule has 2 aliphatic rings. The number of carboxylic acids is 1. The molecule has 2 aromatic heterocycles. The topological polar surface area (TPSA) is 100 Å². The number of aryl methyl sites for hydroxylation is 1. The van der Waals surface area contributed by atoms with Crippen molar-refractivity contribution in [3.63, 3.8) is 0 Å². The fourth-order valence-electron chi connectivity index (χ4n) is 3.71. The van der Waals surface area contributed by atoms with Crippen LogP contribution >= 0.6 is 11.3 Å². The van der Waals surface area contributed by atoms with Crippen molar-refractivity contribution < 1.29 is 36.2 Å². The number of carboxylic acid groups (broad SMARTS) is 1. The van der Waals surface area contributed by atoms with Gasteiger partial charge in [-0.1, -0.05) is 0 Å². The lowest BCUT2D eigenvalue weighted by molar-refractivity contribution is -0.192. The molecule has 4 rings (SSSR count). The number of aromatic nitrogens is 1. The first kappa shape index (κ1) is 25.4. The number of ether oxygens (including phenoxy) is 1. The summed E-state index contributed by atoms with van der Waals surface area (Å²) in [5.41, 5.74) is -0.511. The number of pyridine rings is 1. The van der Waals surface area contributed by atoms with Crippen molar-refractivity contribution in [3.8, 4) is 5.88 Å². The molecule has 1 fully saturated rings. The number of sulfonamides is 1. The summed E-state index contributed by atoms with van der Waals surface area (Å²) >= 11 is 1.83. The molecule has 0 radical (unpaired) electrons. The van der Waals surface area contributed by atoms with Gasteiger partial charge in [0.1, 0.15) is 10.5 Å². The lowest BCUT2D eigenvalue weighted by Gasteiger charge is -2.41. The Morgan fingerprint density at radius 1 is 1.27 bits per heavy atom. The Morgan fingerprint density at radius 3 is 2.45 bits per heavy atom. The molecular formula is C20H24F3N3O5S2. The van der Waals surface area contributed by atoms with Gasteiger partial charge in [-0.3, -0.25) is 4.90 Å². The number of hydrogen-bond donors (Lipinski definition) is 1. The minimum atomic E-state index is -5.08. The zero-order valence-electron chi connectivity index (χ0n) is 18.0. The van der Waals surface area contributed by atoms with Crippen LogP contribution in [0.15, 0.2) is 35.4 Å². The number of halogens is 3. The van der Waals surface area contributed by atoms with E-state index in [2.05, 4.69) is 28.9 Å². The molecule has 33 heavy (non-hydrogen) atoms. The molecule has 2 aliphatic heterocycles. The SMILES string of the molecule is Cc1ccc(CN2CCC3(CC2)CN(C)S(=O)(=O)c2cccnc2O3)s1.O=C(O)C(F)(F)F. The van der Waals surface area contributed by atoms with Gasteiger partial charge in [-0.2, -0.15) is 17.5 Å². The summed E-state index contributed by atoms with van der Waals surface area (Å²) in [5.74, 6) is -2.52. The van der Waals surface area contributed by atoms with Gasteiger partial charge in [0.15, 0.2) is 0 Å². The second-order valence-corrected chi connectivity index (χ2v) is 11.3. The lowest BCUT2D eigenvalue weighted by Crippen LogP contribution is -2.53. The summed E-state index contributed by atoms with van der Waals surface area (Å²) in [5, 5.41) is 7.12. The number of likely N-dealkylation sites (tertiary alicyclic amines) is 1. The molecule has 0 aromatic carbocycles. The van der Waals surface area contributed by atoms with Crippen LogP contribution in [0.1, 0.15) is 22.6 Å². The summed E-state index contributed by atoms with van der Waals surface area (Å²) in [6.07, 6.45) is -1.93. The van der Waals surface area contributed by atoms with E-state index in [1.54, 1.807) is 25.4 Å². The van der Waals surface area contributed by atoms with Crippen molar-refractivity contribution in [2.45, 2.75) is 43.0 Å². The molecule has 0 amide bonds. The van der Waals surface area contributed by atoms with E-state index in [0.717, 1.165) is 32.5 Å². The molecule has 0 bridgehead atoms. The van der Waals surface area contributed by atoms with Crippen LogP contribution in [0.2, 0.25) is 0 Å². The molecule has 4 heterocycles. The molecule has 8 nitrogen and oxygen atoms in total. The van der Waals surface area contributed by atoms with E-state index in [1.807, 2.05) is 11.3 Å². The maximum absolute atomic E-state index is 12.8. The van der Waals surface area contributed by atoms with E-state index in [4.69, 9.17) is 14.6 Å². The van der Waals surface area contributed by atoms with Crippen molar-refractivity contribution >= 4 is 27.3 Å². The average molecular weight is 508 g/mol. The number of rotatable bonds is 2. The fourth-order valence-corrected chi connectivity index (χ4v) is 5.95. The van der Waals surface area contributed by atoms with Crippen LogP contribution in [0.25, 0.3) is 0 Å². The van der Waals surface area contributed by atoms with E-state index in [1.165, 1.54) is 14.1 Å². The summed E-state index contributed by atoms with van der Waals surface area (Å²) in [6, 6.07) is 7.55. The maximum Gasteiger partial charge on any atom is 0.490 e. The van der Waals surface area contributed by atoms with Crippen LogP contribution in [-0.4, -0.2) is 72.1 Å². The largest absolute Gasteiger partial charge is 0.490 e. The highest BCUT2D eigenvalue weighted by Crippen LogP contribution is 2.37. The number of thiophene rings is 1. The Hall–Kier alpha value is -2.22. The van der Waals surface area contributed by atoms with Gasteiger partial charge in [0.05, 0.1) is 6.54 Å². The number of likely N-dealkylation sites (N-methyl/N-ethyl adjacent to an activating group) is 1. The third kappa shape index (κ3) is 6.02. The molecule has 182 valence electrons. The molecule has 1 N–H and O–H groups in total. The van der Waals surface area contributed by atoms with Crippen LogP contribution in [-0.2, 0) is 21.4 Å². The highest BCUT2D eigenvalue weighted by atomic mass is 32.2. The van der Waals surface area contributed by atoms with Gasteiger partial charge in [0.25, 0.3) is 0 Å². The summed E-state index contributed by atoms with van der Waals surface area (Å²) in [4.78, 5) is 18.4. The number of nitrogens with zero attached hydrogens (tertiary/aromatic N) is 3. The highest BCUT2D eigenvalue weighted by Gasteiger charge is 2.44. The van der Waals surface area contributed by atoms with Gasteiger partial charge in [-0.15, -0.1) is 11.3 Å². The van der Waals surface area contributed by atoms with Gasteiger partial charge < -0.3 is 9.84 Å². The number of alkyl halides is 3. The van der Waals surface area contributed by atoms with Gasteiger partial charge >= 0.3 is 12.1 Å². The molecule has 0 aliphatic carbocycles. The normalized spacial score (nSPS) is 20.2. The zero-order chi connectivity index (χ0) is 24.4. The molecule has 0 saturated carbocycles. The molecule has 0 unspecified atom stereocenters. The predicted octanol–water partition coefficient (Wildman–Crippen LogP) is 3.13. The van der Waals surface area contributed by atoms with Crippen LogP contribution < -0.4 is 4.74 Å². The van der Waals surface area contributed by atoms with E-state index < -0.39 is 27.8 Å². The van der Waals surface area contributed by atoms with E-state index in [9.17, 15) is 21.6 Å². The molecule has 1 saturated heterocycles. The summed E-state index contributed by atoms with van der Waals surface area (Å²) < 4.78 is 64.9. The van der Waals surface area contributed by atoms with E-state index in [-0.39, 0.29) is 10.8 Å². The summed E-state index contributed by atoms with van der Waals surface area (Å²) in [7, 11) is -1.93. The second kappa shape index (κ2) is 9.57. The third-order valence-corrected chi connectivity index (χ3v) is 8.24. The van der Waals surface area contributed by atoms with Crippen molar-refractivity contribution in [3.05, 3.63) is 40.2 Å². The molecule has 0 atom stereocenters. The van der Waals surface area contributed by atoms with Crippen molar-refractivity contribution in [2.75, 3.05) is 26.7 Å². The number of hydrogen-bond acceptors (Lipinski definition) is 7. The number of aliphatic carboxylic acids is 1. The Balaban J connectivity index is 0.000000383. The minimum absolute atomic E-state index is 0.163. The van der Waals surface area contributed by atoms with Crippen molar-refractivity contribution in [1.29, 1.82) is 0 Å². The number of carbonyl (C=O) groups is 1. The Bertz CT molecular complexity index is 1100. The third-order valence-electron chi connectivity index (χ3n) is 5.43. The Morgan fingerprint density at radius 2 is 1.91 bits per heavy atom. The minimum Gasteiger partial charge on any atom is -0.475 e. The van der Waals surface area contributed by atoms with Gasteiger partial charge in [-0.25, -0.2) is 18.2 Å². The lowest BCUT2D eigenvalue weighted by atomic mass is 9.90. The molecule has 2 aromatic rings. The number of piperidine rings is 1. The van der Waals surface area contributed by atoms with Gasteiger partial charge in [0.2, 0.25) is 15.9 Å². The van der Waals surface area contributed by atoms with Crippen LogP contribution in [0.3, 0.4) is 0 Å². The Labute approximate surface area is 193 Å².